The Morgan fingerprint density at radius 3 is 2.45 bits per heavy atom. The minimum absolute atomic E-state index is 0.106. The Morgan fingerprint density at radius 1 is 1.25 bits per heavy atom. The molecule has 0 aliphatic rings. The lowest BCUT2D eigenvalue weighted by atomic mass is 10.0. The van der Waals surface area contributed by atoms with Gasteiger partial charge in [0.05, 0.1) is 4.92 Å². The molecular formula is C13H23N5O2. The zero-order valence-electron chi connectivity index (χ0n) is 12.5. The molecular weight excluding hydrogens is 258 g/mol. The summed E-state index contributed by atoms with van der Waals surface area (Å²) in [4.78, 5) is 18.5. The van der Waals surface area contributed by atoms with E-state index in [0.717, 1.165) is 19.3 Å². The van der Waals surface area contributed by atoms with Crippen molar-refractivity contribution in [1.82, 2.24) is 9.97 Å². The second kappa shape index (κ2) is 7.62. The van der Waals surface area contributed by atoms with Crippen molar-refractivity contribution in [3.05, 3.63) is 16.4 Å². The molecule has 1 atom stereocenters. The van der Waals surface area contributed by atoms with E-state index in [2.05, 4.69) is 34.4 Å². The molecule has 0 radical (unpaired) electrons. The van der Waals surface area contributed by atoms with E-state index in [-0.39, 0.29) is 23.4 Å². The number of aromatic nitrogens is 2. The third-order valence-corrected chi connectivity index (χ3v) is 3.04. The molecule has 1 rings (SSSR count). The minimum Gasteiger partial charge on any atom is -0.367 e. The van der Waals surface area contributed by atoms with Gasteiger partial charge in [0, 0.05) is 13.1 Å². The number of nitro groups is 1. The van der Waals surface area contributed by atoms with Gasteiger partial charge in [0.25, 0.3) is 0 Å². The van der Waals surface area contributed by atoms with Crippen LogP contribution in [0.15, 0.2) is 6.33 Å². The zero-order chi connectivity index (χ0) is 15.1. The smallest absolute Gasteiger partial charge is 0.353 e. The van der Waals surface area contributed by atoms with E-state index < -0.39 is 4.92 Å². The first-order chi connectivity index (χ1) is 9.45. The number of anilines is 2. The summed E-state index contributed by atoms with van der Waals surface area (Å²) in [6.45, 7) is 6.38. The molecule has 1 aromatic rings. The quantitative estimate of drug-likeness (QED) is 0.562. The first-order valence-corrected chi connectivity index (χ1v) is 6.89. The molecule has 0 saturated carbocycles. The normalized spacial score (nSPS) is 12.2. The van der Waals surface area contributed by atoms with Crippen LogP contribution in [0.2, 0.25) is 0 Å². The van der Waals surface area contributed by atoms with Crippen LogP contribution >= 0.6 is 0 Å². The first kappa shape index (κ1) is 16.1. The van der Waals surface area contributed by atoms with Crippen LogP contribution in [0.3, 0.4) is 0 Å². The predicted octanol–water partition coefficient (Wildman–Crippen LogP) is 3.05. The van der Waals surface area contributed by atoms with Crippen molar-refractivity contribution < 1.29 is 4.92 Å². The van der Waals surface area contributed by atoms with Crippen LogP contribution in [0.5, 0.6) is 0 Å². The summed E-state index contributed by atoms with van der Waals surface area (Å²) in [5.74, 6) is 1.17. The second-order valence-corrected chi connectivity index (χ2v) is 5.30. The first-order valence-electron chi connectivity index (χ1n) is 6.89. The lowest BCUT2D eigenvalue weighted by Crippen LogP contribution is -2.18. The van der Waals surface area contributed by atoms with Gasteiger partial charge in [-0.1, -0.05) is 26.7 Å². The molecule has 0 aromatic carbocycles. The number of nitrogens with one attached hydrogen (secondary N) is 2. The summed E-state index contributed by atoms with van der Waals surface area (Å²) in [5.41, 5.74) is -0.106. The van der Waals surface area contributed by atoms with Crippen LogP contribution in [0.1, 0.15) is 40.0 Å². The van der Waals surface area contributed by atoms with Gasteiger partial charge in [-0.3, -0.25) is 10.1 Å². The van der Waals surface area contributed by atoms with Crippen LogP contribution in [-0.2, 0) is 0 Å². The third-order valence-electron chi connectivity index (χ3n) is 3.04. The van der Waals surface area contributed by atoms with Crippen LogP contribution in [0.4, 0.5) is 17.3 Å². The summed E-state index contributed by atoms with van der Waals surface area (Å²) in [6.07, 6.45) is 4.51. The molecule has 1 heterocycles. The van der Waals surface area contributed by atoms with Gasteiger partial charge in [-0.2, -0.15) is 0 Å². The summed E-state index contributed by atoms with van der Waals surface area (Å²) in [7, 11) is 1.60. The van der Waals surface area contributed by atoms with Gasteiger partial charge in [0.2, 0.25) is 11.6 Å². The highest BCUT2D eigenvalue weighted by atomic mass is 16.6. The van der Waals surface area contributed by atoms with Crippen molar-refractivity contribution in [3.8, 4) is 0 Å². The molecule has 0 fully saturated rings. The van der Waals surface area contributed by atoms with Crippen molar-refractivity contribution in [1.29, 1.82) is 0 Å². The molecule has 112 valence electrons. The zero-order valence-corrected chi connectivity index (χ0v) is 12.5. The SMILES string of the molecule is CNc1ncnc(NC(C)CCCC(C)C)c1[N+](=O)[O-]. The molecule has 2 N–H and O–H groups in total. The van der Waals surface area contributed by atoms with E-state index in [9.17, 15) is 10.1 Å². The van der Waals surface area contributed by atoms with Gasteiger partial charge in [0.15, 0.2) is 0 Å². The van der Waals surface area contributed by atoms with Crippen molar-refractivity contribution in [2.45, 2.75) is 46.1 Å². The Labute approximate surface area is 119 Å². The number of nitrogens with zero attached hydrogens (tertiary/aromatic N) is 3. The lowest BCUT2D eigenvalue weighted by Gasteiger charge is -2.15. The largest absolute Gasteiger partial charge is 0.367 e. The molecule has 0 saturated heterocycles. The lowest BCUT2D eigenvalue weighted by molar-refractivity contribution is -0.383. The van der Waals surface area contributed by atoms with Crippen molar-refractivity contribution in [3.63, 3.8) is 0 Å². The highest BCUT2D eigenvalue weighted by Crippen LogP contribution is 2.29. The standard InChI is InChI=1S/C13H23N5O2/c1-9(2)6-5-7-10(3)17-13-11(18(19)20)12(14-4)15-8-16-13/h8-10H,5-7H2,1-4H3,(H2,14,15,16,17). The molecule has 1 unspecified atom stereocenters. The van der Waals surface area contributed by atoms with Crippen molar-refractivity contribution in [2.75, 3.05) is 17.7 Å². The molecule has 7 heteroatoms. The monoisotopic (exact) mass is 281 g/mol. The van der Waals surface area contributed by atoms with Crippen LogP contribution in [-0.4, -0.2) is 28.0 Å². The summed E-state index contributed by atoms with van der Waals surface area (Å²) < 4.78 is 0. The Bertz CT molecular complexity index is 450. The van der Waals surface area contributed by atoms with Gasteiger partial charge in [-0.15, -0.1) is 0 Å². The molecule has 0 amide bonds. The predicted molar refractivity (Wildman–Crippen MR) is 80.0 cm³/mol. The molecule has 7 nitrogen and oxygen atoms in total. The molecule has 0 aliphatic heterocycles. The van der Waals surface area contributed by atoms with Gasteiger partial charge in [-0.05, 0) is 19.3 Å². The average Bonchev–Trinajstić information content (AvgIpc) is 2.37. The maximum Gasteiger partial charge on any atom is 0.353 e. The molecule has 0 aliphatic carbocycles. The van der Waals surface area contributed by atoms with E-state index in [4.69, 9.17) is 0 Å². The van der Waals surface area contributed by atoms with E-state index in [1.54, 1.807) is 7.05 Å². The van der Waals surface area contributed by atoms with E-state index in [0.29, 0.717) is 5.92 Å². The fraction of sp³-hybridized carbons (Fsp3) is 0.692. The average molecular weight is 281 g/mol. The van der Waals surface area contributed by atoms with Gasteiger partial charge in [-0.25, -0.2) is 9.97 Å². The number of hydrogen-bond acceptors (Lipinski definition) is 6. The fourth-order valence-corrected chi connectivity index (χ4v) is 1.98. The highest BCUT2D eigenvalue weighted by Gasteiger charge is 2.22. The Morgan fingerprint density at radius 2 is 1.90 bits per heavy atom. The van der Waals surface area contributed by atoms with Crippen LogP contribution < -0.4 is 10.6 Å². The summed E-state index contributed by atoms with van der Waals surface area (Å²) >= 11 is 0. The fourth-order valence-electron chi connectivity index (χ4n) is 1.98. The summed E-state index contributed by atoms with van der Waals surface area (Å²) in [6, 6.07) is 0.132. The van der Waals surface area contributed by atoms with Crippen molar-refractivity contribution in [2.24, 2.45) is 5.92 Å². The van der Waals surface area contributed by atoms with Crippen LogP contribution in [0, 0.1) is 16.0 Å². The van der Waals surface area contributed by atoms with Gasteiger partial charge < -0.3 is 10.6 Å². The minimum atomic E-state index is -0.463. The molecule has 0 bridgehead atoms. The van der Waals surface area contributed by atoms with E-state index in [1.165, 1.54) is 6.33 Å². The maximum absolute atomic E-state index is 11.1. The van der Waals surface area contributed by atoms with E-state index in [1.807, 2.05) is 6.92 Å². The molecule has 0 spiro atoms. The number of rotatable bonds is 8. The molecule has 20 heavy (non-hydrogen) atoms. The van der Waals surface area contributed by atoms with Crippen LogP contribution in [0.25, 0.3) is 0 Å². The summed E-state index contributed by atoms with van der Waals surface area (Å²) in [5, 5.41) is 17.0. The molecule has 1 aromatic heterocycles. The topological polar surface area (TPSA) is 93.0 Å². The van der Waals surface area contributed by atoms with Gasteiger partial charge in [0.1, 0.15) is 6.33 Å². The Balaban J connectivity index is 2.74. The Hall–Kier alpha value is -1.92. The third kappa shape index (κ3) is 4.64. The van der Waals surface area contributed by atoms with Crippen molar-refractivity contribution >= 4 is 17.3 Å². The highest BCUT2D eigenvalue weighted by molar-refractivity contribution is 5.69. The number of hydrogen-bond donors (Lipinski definition) is 2. The van der Waals surface area contributed by atoms with Gasteiger partial charge >= 0.3 is 5.69 Å². The maximum atomic E-state index is 11.1. The van der Waals surface area contributed by atoms with E-state index >= 15 is 0 Å². The Kier molecular flexibility index (Phi) is 6.14. The second-order valence-electron chi connectivity index (χ2n) is 5.30.